The summed E-state index contributed by atoms with van der Waals surface area (Å²) >= 11 is 0. The van der Waals surface area contributed by atoms with Crippen LogP contribution in [0.25, 0.3) is 33.5 Å². The van der Waals surface area contributed by atoms with Crippen LogP contribution < -0.4 is 4.57 Å². The summed E-state index contributed by atoms with van der Waals surface area (Å²) in [6, 6.07) is 28.2. The Labute approximate surface area is 167 Å². The maximum atomic E-state index is 2.30. The van der Waals surface area contributed by atoms with Crippen LogP contribution in [0.1, 0.15) is 16.7 Å². The molecule has 138 valence electrons. The molecule has 0 spiro atoms. The van der Waals surface area contributed by atoms with Crippen LogP contribution in [0.2, 0.25) is 0 Å². The third-order valence-electron chi connectivity index (χ3n) is 5.62. The highest BCUT2D eigenvalue weighted by atomic mass is 14.9. The summed E-state index contributed by atoms with van der Waals surface area (Å²) in [5, 5.41) is 0. The summed E-state index contributed by atoms with van der Waals surface area (Å²) in [6.07, 6.45) is 2.16. The van der Waals surface area contributed by atoms with Gasteiger partial charge >= 0.3 is 0 Å². The number of nitrogens with zero attached hydrogens (tertiary/aromatic N) is 1. The molecule has 0 aliphatic rings. The van der Waals surface area contributed by atoms with Crippen LogP contribution >= 0.6 is 0 Å². The van der Waals surface area contributed by atoms with Gasteiger partial charge in [-0.25, -0.2) is 4.57 Å². The fraction of sp³-hybridized carbons (Fsp3) is 0.148. The Bertz CT molecular complexity index is 1120. The fourth-order valence-electron chi connectivity index (χ4n) is 4.07. The van der Waals surface area contributed by atoms with E-state index in [0.29, 0.717) is 0 Å². The minimum atomic E-state index is 1.23. The lowest BCUT2D eigenvalue weighted by molar-refractivity contribution is -0.660. The first kappa shape index (κ1) is 18.2. The van der Waals surface area contributed by atoms with Gasteiger partial charge in [0.1, 0.15) is 7.05 Å². The van der Waals surface area contributed by atoms with Crippen molar-refractivity contribution in [1.29, 1.82) is 0 Å². The lowest BCUT2D eigenvalue weighted by Gasteiger charge is -2.15. The van der Waals surface area contributed by atoms with Crippen LogP contribution in [0.15, 0.2) is 85.1 Å². The molecule has 1 aromatic heterocycles. The Hall–Kier alpha value is -3.19. The van der Waals surface area contributed by atoms with E-state index in [2.05, 4.69) is 117 Å². The molecule has 0 fully saturated rings. The number of pyridine rings is 1. The molecular formula is C27H26N+. The highest BCUT2D eigenvalue weighted by Crippen LogP contribution is 2.35. The molecule has 0 N–H and O–H groups in total. The van der Waals surface area contributed by atoms with Gasteiger partial charge in [0.25, 0.3) is 0 Å². The van der Waals surface area contributed by atoms with Gasteiger partial charge in [-0.05, 0) is 65.8 Å². The summed E-state index contributed by atoms with van der Waals surface area (Å²) in [4.78, 5) is 0. The Balaban J connectivity index is 1.90. The first-order valence-corrected chi connectivity index (χ1v) is 9.78. The maximum Gasteiger partial charge on any atom is 0.213 e. The van der Waals surface area contributed by atoms with E-state index >= 15 is 0 Å². The standard InChI is InChI=1S/C27H26N/c1-19-10-8-11-20(2)27(19)25-15-9-14-24(21(25)3)26-18-23(16-17-28(26)4)22-12-6-5-7-13-22/h5-18H,1-4H3/q+1. The van der Waals surface area contributed by atoms with Crippen molar-refractivity contribution in [1.82, 2.24) is 0 Å². The zero-order valence-electron chi connectivity index (χ0n) is 17.0. The first-order chi connectivity index (χ1) is 13.6. The average Bonchev–Trinajstić information content (AvgIpc) is 2.70. The molecule has 1 heterocycles. The maximum absolute atomic E-state index is 2.30. The molecule has 1 heteroatoms. The quantitative estimate of drug-likeness (QED) is 0.368. The van der Waals surface area contributed by atoms with Crippen molar-refractivity contribution in [3.8, 4) is 33.5 Å². The Morgan fingerprint density at radius 1 is 0.607 bits per heavy atom. The van der Waals surface area contributed by atoms with E-state index < -0.39 is 0 Å². The molecule has 0 aliphatic heterocycles. The van der Waals surface area contributed by atoms with Gasteiger partial charge in [0.05, 0.1) is 0 Å². The molecule has 0 unspecified atom stereocenters. The second-order valence-electron chi connectivity index (χ2n) is 7.52. The lowest BCUT2D eigenvalue weighted by atomic mass is 9.89. The highest BCUT2D eigenvalue weighted by Gasteiger charge is 2.17. The zero-order chi connectivity index (χ0) is 19.7. The smallest absolute Gasteiger partial charge is 0.201 e. The van der Waals surface area contributed by atoms with Gasteiger partial charge in [0.15, 0.2) is 6.20 Å². The van der Waals surface area contributed by atoms with E-state index in [0.717, 1.165) is 0 Å². The monoisotopic (exact) mass is 364 g/mol. The summed E-state index contributed by atoms with van der Waals surface area (Å²) in [7, 11) is 2.12. The van der Waals surface area contributed by atoms with Crippen molar-refractivity contribution in [3.05, 3.63) is 102 Å². The summed E-state index contributed by atoms with van der Waals surface area (Å²) in [5.41, 5.74) is 11.6. The van der Waals surface area contributed by atoms with Gasteiger partial charge in [0, 0.05) is 17.7 Å². The summed E-state index contributed by atoms with van der Waals surface area (Å²) in [5.74, 6) is 0. The number of hydrogen-bond acceptors (Lipinski definition) is 0. The molecule has 0 radical (unpaired) electrons. The molecule has 28 heavy (non-hydrogen) atoms. The second kappa shape index (κ2) is 7.44. The molecule has 0 aliphatic carbocycles. The third kappa shape index (κ3) is 3.25. The van der Waals surface area contributed by atoms with Crippen molar-refractivity contribution in [3.63, 3.8) is 0 Å². The van der Waals surface area contributed by atoms with Crippen molar-refractivity contribution < 1.29 is 4.57 Å². The molecule has 0 saturated carbocycles. The molecular weight excluding hydrogens is 338 g/mol. The zero-order valence-corrected chi connectivity index (χ0v) is 17.0. The van der Waals surface area contributed by atoms with Crippen molar-refractivity contribution in [2.45, 2.75) is 20.8 Å². The Morgan fingerprint density at radius 3 is 1.96 bits per heavy atom. The first-order valence-electron chi connectivity index (χ1n) is 9.78. The number of hydrogen-bond donors (Lipinski definition) is 0. The van der Waals surface area contributed by atoms with E-state index in [1.165, 1.54) is 50.2 Å². The molecule has 0 saturated heterocycles. The highest BCUT2D eigenvalue weighted by molar-refractivity contribution is 5.80. The Kier molecular flexibility index (Phi) is 4.83. The number of benzene rings is 3. The largest absolute Gasteiger partial charge is 0.213 e. The van der Waals surface area contributed by atoms with Crippen LogP contribution in [0.3, 0.4) is 0 Å². The molecule has 1 nitrogen and oxygen atoms in total. The van der Waals surface area contributed by atoms with Gasteiger partial charge in [-0.3, -0.25) is 0 Å². The van der Waals surface area contributed by atoms with Crippen LogP contribution in [0, 0.1) is 20.8 Å². The minimum absolute atomic E-state index is 1.23. The van der Waals surface area contributed by atoms with Gasteiger partial charge in [-0.2, -0.15) is 0 Å². The second-order valence-corrected chi connectivity index (χ2v) is 7.52. The minimum Gasteiger partial charge on any atom is -0.201 e. The van der Waals surface area contributed by atoms with E-state index in [1.807, 2.05) is 0 Å². The van der Waals surface area contributed by atoms with E-state index in [-0.39, 0.29) is 0 Å². The van der Waals surface area contributed by atoms with E-state index in [4.69, 9.17) is 0 Å². The van der Waals surface area contributed by atoms with Gasteiger partial charge in [0.2, 0.25) is 5.69 Å². The van der Waals surface area contributed by atoms with Crippen LogP contribution in [0.4, 0.5) is 0 Å². The normalized spacial score (nSPS) is 10.9. The fourth-order valence-corrected chi connectivity index (χ4v) is 4.07. The van der Waals surface area contributed by atoms with Crippen LogP contribution in [-0.4, -0.2) is 0 Å². The van der Waals surface area contributed by atoms with Gasteiger partial charge in [-0.1, -0.05) is 60.7 Å². The molecule has 4 aromatic rings. The van der Waals surface area contributed by atoms with Crippen LogP contribution in [0.5, 0.6) is 0 Å². The lowest BCUT2D eigenvalue weighted by Crippen LogP contribution is -2.30. The molecule has 3 aromatic carbocycles. The van der Waals surface area contributed by atoms with Gasteiger partial charge < -0.3 is 0 Å². The van der Waals surface area contributed by atoms with Crippen molar-refractivity contribution in [2.24, 2.45) is 7.05 Å². The van der Waals surface area contributed by atoms with Crippen molar-refractivity contribution >= 4 is 0 Å². The average molecular weight is 365 g/mol. The summed E-state index contributed by atoms with van der Waals surface area (Å²) in [6.45, 7) is 6.64. The molecule has 4 rings (SSSR count). The third-order valence-corrected chi connectivity index (χ3v) is 5.62. The van der Waals surface area contributed by atoms with Crippen molar-refractivity contribution in [2.75, 3.05) is 0 Å². The molecule has 0 bridgehead atoms. The van der Waals surface area contributed by atoms with E-state index in [9.17, 15) is 0 Å². The SMILES string of the molecule is Cc1cccc(C)c1-c1cccc(-c2cc(-c3ccccc3)cc[n+]2C)c1C. The predicted octanol–water partition coefficient (Wildman–Crippen LogP) is 6.44. The molecule has 0 amide bonds. The number of aryl methyl sites for hydroxylation is 3. The Morgan fingerprint density at radius 2 is 1.25 bits per heavy atom. The van der Waals surface area contributed by atoms with Crippen LogP contribution in [-0.2, 0) is 7.05 Å². The van der Waals surface area contributed by atoms with Gasteiger partial charge in [-0.15, -0.1) is 0 Å². The predicted molar refractivity (Wildman–Crippen MR) is 118 cm³/mol. The van der Waals surface area contributed by atoms with E-state index in [1.54, 1.807) is 0 Å². The topological polar surface area (TPSA) is 3.88 Å². The number of aromatic nitrogens is 1. The summed E-state index contributed by atoms with van der Waals surface area (Å²) < 4.78 is 2.21. The molecule has 0 atom stereocenters. The number of rotatable bonds is 3.